The third kappa shape index (κ3) is 3.29. The Morgan fingerprint density at radius 3 is 2.86 bits per heavy atom. The summed E-state index contributed by atoms with van der Waals surface area (Å²) in [6.45, 7) is 3.32. The van der Waals surface area contributed by atoms with Crippen LogP contribution in [0.25, 0.3) is 10.2 Å². The lowest BCUT2D eigenvalue weighted by molar-refractivity contribution is -0.122. The highest BCUT2D eigenvalue weighted by Crippen LogP contribution is 2.36. The van der Waals surface area contributed by atoms with Gasteiger partial charge in [-0.15, -0.1) is 0 Å². The first-order valence-electron chi connectivity index (χ1n) is 9.45. The Labute approximate surface area is 171 Å². The van der Waals surface area contributed by atoms with Crippen molar-refractivity contribution < 1.29 is 19.1 Å². The van der Waals surface area contributed by atoms with Crippen LogP contribution in [0.5, 0.6) is 11.5 Å². The van der Waals surface area contributed by atoms with Crippen LogP contribution in [0.15, 0.2) is 36.4 Å². The van der Waals surface area contributed by atoms with Crippen molar-refractivity contribution in [1.82, 2.24) is 4.98 Å². The first-order valence-corrected chi connectivity index (χ1v) is 10.3. The number of aryl methyl sites for hydroxylation is 1. The molecule has 0 spiro atoms. The van der Waals surface area contributed by atoms with E-state index in [1.165, 1.54) is 11.3 Å². The first-order chi connectivity index (χ1) is 14.1. The van der Waals surface area contributed by atoms with Crippen LogP contribution in [0, 0.1) is 12.8 Å². The van der Waals surface area contributed by atoms with E-state index >= 15 is 0 Å². The van der Waals surface area contributed by atoms with Crippen LogP contribution in [0.1, 0.15) is 12.0 Å². The predicted octanol–water partition coefficient (Wildman–Crippen LogP) is 3.37. The molecule has 0 bridgehead atoms. The molecule has 29 heavy (non-hydrogen) atoms. The Balaban J connectivity index is 1.31. The lowest BCUT2D eigenvalue weighted by Gasteiger charge is -2.22. The second-order valence-corrected chi connectivity index (χ2v) is 8.19. The molecule has 2 aliphatic heterocycles. The number of fused-ring (bicyclic) bond motifs is 2. The average Bonchev–Trinajstić information content (AvgIpc) is 3.31. The number of para-hydroxylation sites is 1. The minimum absolute atomic E-state index is 0.0815. The van der Waals surface area contributed by atoms with Gasteiger partial charge in [-0.1, -0.05) is 23.5 Å². The second-order valence-electron chi connectivity index (χ2n) is 7.16. The zero-order chi connectivity index (χ0) is 20.0. The van der Waals surface area contributed by atoms with Crippen LogP contribution < -0.4 is 19.7 Å². The summed E-state index contributed by atoms with van der Waals surface area (Å²) in [6.07, 6.45) is 0.171. The molecule has 0 radical (unpaired) electrons. The minimum Gasteiger partial charge on any atom is -0.486 e. The van der Waals surface area contributed by atoms with Crippen LogP contribution in [0.3, 0.4) is 0 Å². The highest BCUT2D eigenvalue weighted by molar-refractivity contribution is 7.22. The lowest BCUT2D eigenvalue weighted by atomic mass is 10.1. The standard InChI is InChI=1S/C21H19N3O4S/c1-12-3-2-4-17-19(12)22-21(29-17)23-20(26)13-9-18(25)24(11-13)14-5-6-15-16(10-14)28-8-7-27-15/h2-6,10,13H,7-9,11H2,1H3,(H,22,23,26)/t13-/m1/s1. The Morgan fingerprint density at radius 1 is 1.21 bits per heavy atom. The molecule has 2 aliphatic rings. The Hall–Kier alpha value is -3.13. The van der Waals surface area contributed by atoms with Crippen molar-refractivity contribution in [3.63, 3.8) is 0 Å². The van der Waals surface area contributed by atoms with E-state index in [1.807, 2.05) is 31.2 Å². The summed E-state index contributed by atoms with van der Waals surface area (Å²) in [5.41, 5.74) is 2.68. The number of nitrogens with one attached hydrogen (secondary N) is 1. The molecular formula is C21H19N3O4S. The van der Waals surface area contributed by atoms with Crippen molar-refractivity contribution in [3.8, 4) is 11.5 Å². The van der Waals surface area contributed by atoms with Crippen molar-refractivity contribution >= 4 is 44.2 Å². The van der Waals surface area contributed by atoms with Gasteiger partial charge in [0.2, 0.25) is 11.8 Å². The van der Waals surface area contributed by atoms with E-state index < -0.39 is 5.92 Å². The summed E-state index contributed by atoms with van der Waals surface area (Å²) in [6, 6.07) is 11.4. The molecule has 5 rings (SSSR count). The highest BCUT2D eigenvalue weighted by Gasteiger charge is 2.36. The Kier molecular flexibility index (Phi) is 4.35. The molecular weight excluding hydrogens is 390 g/mol. The van der Waals surface area contributed by atoms with Gasteiger partial charge in [-0.3, -0.25) is 9.59 Å². The monoisotopic (exact) mass is 409 g/mol. The molecule has 3 aromatic rings. The molecule has 2 amide bonds. The molecule has 1 N–H and O–H groups in total. The largest absolute Gasteiger partial charge is 0.486 e. The van der Waals surface area contributed by atoms with Gasteiger partial charge in [0.15, 0.2) is 16.6 Å². The van der Waals surface area contributed by atoms with E-state index in [1.54, 1.807) is 17.0 Å². The summed E-state index contributed by atoms with van der Waals surface area (Å²) in [4.78, 5) is 31.5. The molecule has 8 heteroatoms. The Bertz CT molecular complexity index is 1130. The van der Waals surface area contributed by atoms with Crippen LogP contribution in [0.4, 0.5) is 10.8 Å². The van der Waals surface area contributed by atoms with Gasteiger partial charge in [-0.2, -0.15) is 0 Å². The summed E-state index contributed by atoms with van der Waals surface area (Å²) < 4.78 is 12.2. The van der Waals surface area contributed by atoms with Crippen molar-refractivity contribution in [2.24, 2.45) is 5.92 Å². The van der Waals surface area contributed by atoms with Gasteiger partial charge in [-0.25, -0.2) is 4.98 Å². The number of anilines is 2. The number of hydrogen-bond donors (Lipinski definition) is 1. The number of rotatable bonds is 3. The SMILES string of the molecule is Cc1cccc2sc(NC(=O)[C@@H]3CC(=O)N(c4ccc5c(c4)OCCO5)C3)nc12. The van der Waals surface area contributed by atoms with Crippen LogP contribution in [-0.2, 0) is 9.59 Å². The number of amides is 2. The fourth-order valence-electron chi connectivity index (χ4n) is 3.68. The van der Waals surface area contributed by atoms with E-state index in [0.717, 1.165) is 15.8 Å². The predicted molar refractivity (Wildman–Crippen MR) is 111 cm³/mol. The van der Waals surface area contributed by atoms with Crippen molar-refractivity contribution in [2.45, 2.75) is 13.3 Å². The number of nitrogens with zero attached hydrogens (tertiary/aromatic N) is 2. The molecule has 1 atom stereocenters. The maximum Gasteiger partial charge on any atom is 0.231 e. The number of ether oxygens (including phenoxy) is 2. The zero-order valence-electron chi connectivity index (χ0n) is 15.8. The molecule has 7 nitrogen and oxygen atoms in total. The maximum atomic E-state index is 12.8. The quantitative estimate of drug-likeness (QED) is 0.717. The number of thiazole rings is 1. The molecule has 2 aromatic carbocycles. The van der Waals surface area contributed by atoms with E-state index in [0.29, 0.717) is 42.1 Å². The van der Waals surface area contributed by atoms with Gasteiger partial charge in [0.05, 0.1) is 16.1 Å². The topological polar surface area (TPSA) is 80.8 Å². The molecule has 148 valence electrons. The molecule has 3 heterocycles. The molecule has 0 aliphatic carbocycles. The Morgan fingerprint density at radius 2 is 2.03 bits per heavy atom. The fourth-order valence-corrected chi connectivity index (χ4v) is 4.63. The zero-order valence-corrected chi connectivity index (χ0v) is 16.6. The van der Waals surface area contributed by atoms with Crippen molar-refractivity contribution in [3.05, 3.63) is 42.0 Å². The summed E-state index contributed by atoms with van der Waals surface area (Å²) in [5.74, 6) is 0.604. The molecule has 0 unspecified atom stereocenters. The summed E-state index contributed by atoms with van der Waals surface area (Å²) in [7, 11) is 0. The first kappa shape index (κ1) is 17.9. The van der Waals surface area contributed by atoms with Crippen molar-refractivity contribution in [2.75, 3.05) is 30.0 Å². The number of benzene rings is 2. The maximum absolute atomic E-state index is 12.8. The van der Waals surface area contributed by atoms with Crippen molar-refractivity contribution in [1.29, 1.82) is 0 Å². The van der Waals surface area contributed by atoms with Crippen LogP contribution >= 0.6 is 11.3 Å². The van der Waals surface area contributed by atoms with Gasteiger partial charge < -0.3 is 19.7 Å². The van der Waals surface area contributed by atoms with E-state index in [-0.39, 0.29) is 18.2 Å². The molecule has 1 aromatic heterocycles. The van der Waals surface area contributed by atoms with Gasteiger partial charge in [0.1, 0.15) is 13.2 Å². The summed E-state index contributed by atoms with van der Waals surface area (Å²) in [5, 5.41) is 3.45. The van der Waals surface area contributed by atoms with Gasteiger partial charge in [0, 0.05) is 24.7 Å². The molecule has 1 fully saturated rings. The normalized spacial score (nSPS) is 18.3. The third-order valence-electron chi connectivity index (χ3n) is 5.18. The molecule has 0 saturated carbocycles. The third-order valence-corrected chi connectivity index (χ3v) is 6.12. The van der Waals surface area contributed by atoms with Crippen LogP contribution in [-0.4, -0.2) is 36.6 Å². The van der Waals surface area contributed by atoms with Gasteiger partial charge in [0.25, 0.3) is 0 Å². The number of aromatic nitrogens is 1. The number of carbonyl (C=O) groups excluding carboxylic acids is 2. The van der Waals surface area contributed by atoms with Gasteiger partial charge >= 0.3 is 0 Å². The van der Waals surface area contributed by atoms with Gasteiger partial charge in [-0.05, 0) is 30.7 Å². The smallest absolute Gasteiger partial charge is 0.231 e. The minimum atomic E-state index is -0.427. The highest BCUT2D eigenvalue weighted by atomic mass is 32.1. The fraction of sp³-hybridized carbons (Fsp3) is 0.286. The number of carbonyl (C=O) groups is 2. The van der Waals surface area contributed by atoms with Crippen LogP contribution in [0.2, 0.25) is 0 Å². The van der Waals surface area contributed by atoms with E-state index in [9.17, 15) is 9.59 Å². The van der Waals surface area contributed by atoms with E-state index in [2.05, 4.69) is 10.3 Å². The molecule has 1 saturated heterocycles. The average molecular weight is 409 g/mol. The lowest BCUT2D eigenvalue weighted by Crippen LogP contribution is -2.28. The van der Waals surface area contributed by atoms with E-state index in [4.69, 9.17) is 9.47 Å². The summed E-state index contributed by atoms with van der Waals surface area (Å²) >= 11 is 1.44. The number of hydrogen-bond acceptors (Lipinski definition) is 6. The second kappa shape index (κ2) is 7.04.